The van der Waals surface area contributed by atoms with Crippen LogP contribution in [0, 0.1) is 6.92 Å². The van der Waals surface area contributed by atoms with Crippen molar-refractivity contribution in [2.75, 3.05) is 18.4 Å². The van der Waals surface area contributed by atoms with Gasteiger partial charge in [0, 0.05) is 37.9 Å². The summed E-state index contributed by atoms with van der Waals surface area (Å²) < 4.78 is 40.1. The second-order valence-corrected chi connectivity index (χ2v) is 7.56. The second-order valence-electron chi connectivity index (χ2n) is 7.56. The third-order valence-corrected chi connectivity index (χ3v) is 5.22. The number of aryl methyl sites for hydroxylation is 1. The average Bonchev–Trinajstić information content (AvgIpc) is 3.13. The first-order chi connectivity index (χ1) is 14.3. The third-order valence-electron chi connectivity index (χ3n) is 5.22. The van der Waals surface area contributed by atoms with Crippen molar-refractivity contribution in [2.45, 2.75) is 45.1 Å². The number of piperidine rings is 1. The number of anilines is 1. The predicted molar refractivity (Wildman–Crippen MR) is 105 cm³/mol. The number of aliphatic hydroxyl groups is 1. The van der Waals surface area contributed by atoms with Crippen molar-refractivity contribution in [1.29, 1.82) is 0 Å². The van der Waals surface area contributed by atoms with Gasteiger partial charge in [0.2, 0.25) is 0 Å². The van der Waals surface area contributed by atoms with Gasteiger partial charge in [-0.15, -0.1) is 5.10 Å². The van der Waals surface area contributed by atoms with E-state index in [1.807, 2.05) is 24.3 Å². The van der Waals surface area contributed by atoms with E-state index in [2.05, 4.69) is 25.3 Å². The molecule has 0 radical (unpaired) electrons. The Labute approximate surface area is 171 Å². The van der Waals surface area contributed by atoms with Crippen LogP contribution in [0.2, 0.25) is 0 Å². The molecule has 3 aromatic rings. The van der Waals surface area contributed by atoms with E-state index in [1.165, 1.54) is 0 Å². The highest BCUT2D eigenvalue weighted by Crippen LogP contribution is 2.27. The molecular weight excluding hydrogens is 397 g/mol. The number of rotatable bonds is 5. The first-order valence-electron chi connectivity index (χ1n) is 9.82. The van der Waals surface area contributed by atoms with Gasteiger partial charge in [0.05, 0.1) is 6.10 Å². The molecular formula is C20H23F3N6O. The molecule has 0 unspecified atom stereocenters. The van der Waals surface area contributed by atoms with Gasteiger partial charge in [0.15, 0.2) is 0 Å². The molecule has 7 nitrogen and oxygen atoms in total. The van der Waals surface area contributed by atoms with E-state index < -0.39 is 12.0 Å². The van der Waals surface area contributed by atoms with Gasteiger partial charge in [-0.2, -0.15) is 22.7 Å². The van der Waals surface area contributed by atoms with Gasteiger partial charge in [-0.25, -0.2) is 4.98 Å². The number of likely N-dealkylation sites (tertiary alicyclic amines) is 1. The lowest BCUT2D eigenvalue weighted by Gasteiger charge is -2.30. The third kappa shape index (κ3) is 4.54. The second kappa shape index (κ2) is 8.19. The lowest BCUT2D eigenvalue weighted by atomic mass is 10.0. The topological polar surface area (TPSA) is 78.6 Å². The fraction of sp³-hybridized carbons (Fsp3) is 0.450. The quantitative estimate of drug-likeness (QED) is 0.661. The molecule has 10 heteroatoms. The molecule has 1 aliphatic rings. The van der Waals surface area contributed by atoms with Gasteiger partial charge in [-0.05, 0) is 30.9 Å². The number of nitrogens with zero attached hydrogens (tertiary/aromatic N) is 5. The van der Waals surface area contributed by atoms with E-state index in [9.17, 15) is 18.3 Å². The molecule has 0 atom stereocenters. The summed E-state index contributed by atoms with van der Waals surface area (Å²) in [6, 6.07) is 9.60. The first-order valence-corrected chi connectivity index (χ1v) is 9.82. The summed E-state index contributed by atoms with van der Waals surface area (Å²) >= 11 is 0. The zero-order chi connectivity index (χ0) is 21.3. The van der Waals surface area contributed by atoms with Crippen molar-refractivity contribution >= 4 is 11.6 Å². The number of nitrogens with one attached hydrogen (secondary N) is 1. The van der Waals surface area contributed by atoms with Gasteiger partial charge < -0.3 is 10.4 Å². The fourth-order valence-corrected chi connectivity index (χ4v) is 3.62. The van der Waals surface area contributed by atoms with Gasteiger partial charge in [0.1, 0.15) is 5.82 Å². The Balaban J connectivity index is 1.54. The van der Waals surface area contributed by atoms with Gasteiger partial charge in [-0.3, -0.25) is 4.90 Å². The van der Waals surface area contributed by atoms with E-state index in [0.29, 0.717) is 18.1 Å². The van der Waals surface area contributed by atoms with Crippen LogP contribution in [0.1, 0.15) is 35.5 Å². The molecule has 4 rings (SSSR count). The minimum atomic E-state index is -4.63. The van der Waals surface area contributed by atoms with Crippen LogP contribution in [0.4, 0.5) is 19.0 Å². The molecule has 1 fully saturated rings. The highest BCUT2D eigenvalue weighted by atomic mass is 19.4. The van der Waals surface area contributed by atoms with Crippen LogP contribution in [0.25, 0.3) is 5.78 Å². The van der Waals surface area contributed by atoms with Gasteiger partial charge in [0.25, 0.3) is 11.6 Å². The Kier molecular flexibility index (Phi) is 5.61. The van der Waals surface area contributed by atoms with Crippen LogP contribution >= 0.6 is 0 Å². The summed E-state index contributed by atoms with van der Waals surface area (Å²) in [5.74, 6) is -0.905. The minimum Gasteiger partial charge on any atom is -0.393 e. The van der Waals surface area contributed by atoms with Crippen LogP contribution in [0.15, 0.2) is 30.3 Å². The molecule has 3 heterocycles. The first kappa shape index (κ1) is 20.5. The molecule has 1 saturated heterocycles. The van der Waals surface area contributed by atoms with E-state index in [4.69, 9.17) is 0 Å². The van der Waals surface area contributed by atoms with Crippen molar-refractivity contribution in [2.24, 2.45) is 0 Å². The number of hydrogen-bond acceptors (Lipinski definition) is 6. The van der Waals surface area contributed by atoms with Gasteiger partial charge in [-0.1, -0.05) is 24.3 Å². The summed E-state index contributed by atoms with van der Waals surface area (Å²) in [5.41, 5.74) is 2.73. The van der Waals surface area contributed by atoms with Crippen molar-refractivity contribution < 1.29 is 18.3 Å². The molecule has 30 heavy (non-hydrogen) atoms. The summed E-state index contributed by atoms with van der Waals surface area (Å²) in [5, 5.41) is 16.5. The van der Waals surface area contributed by atoms with E-state index in [-0.39, 0.29) is 11.9 Å². The summed E-state index contributed by atoms with van der Waals surface area (Å²) in [6.45, 7) is 4.56. The Hall–Kier alpha value is -2.72. The molecule has 2 aromatic heterocycles. The van der Waals surface area contributed by atoms with Crippen molar-refractivity contribution in [1.82, 2.24) is 24.5 Å². The Morgan fingerprint density at radius 1 is 1.13 bits per heavy atom. The maximum atomic E-state index is 13.0. The lowest BCUT2D eigenvalue weighted by Crippen LogP contribution is -2.35. The largest absolute Gasteiger partial charge is 0.453 e. The van der Waals surface area contributed by atoms with Crippen LogP contribution in [0.5, 0.6) is 0 Å². The standard InChI is InChI=1S/C20H23F3N6O/c1-13-10-17(29-19(25-13)26-18(27-29)20(21,22)23)24-11-14-4-2-3-5-15(14)12-28-8-6-16(30)7-9-28/h2-5,10,16,24,30H,6-9,11-12H2,1H3. The van der Waals surface area contributed by atoms with Crippen LogP contribution in [-0.4, -0.2) is 48.8 Å². The number of fused-ring (bicyclic) bond motifs is 1. The minimum absolute atomic E-state index is 0.0926. The smallest absolute Gasteiger partial charge is 0.393 e. The van der Waals surface area contributed by atoms with E-state index >= 15 is 0 Å². The van der Waals surface area contributed by atoms with Crippen molar-refractivity contribution in [3.63, 3.8) is 0 Å². The monoisotopic (exact) mass is 420 g/mol. The zero-order valence-electron chi connectivity index (χ0n) is 16.5. The summed E-state index contributed by atoms with van der Waals surface area (Å²) in [7, 11) is 0. The molecule has 1 aromatic carbocycles. The Bertz CT molecular complexity index is 1030. The van der Waals surface area contributed by atoms with Crippen LogP contribution < -0.4 is 5.32 Å². The number of alkyl halides is 3. The zero-order valence-corrected chi connectivity index (χ0v) is 16.5. The molecule has 0 saturated carbocycles. The van der Waals surface area contributed by atoms with Crippen LogP contribution in [0.3, 0.4) is 0 Å². The number of hydrogen-bond donors (Lipinski definition) is 2. The molecule has 0 aliphatic carbocycles. The Morgan fingerprint density at radius 3 is 2.53 bits per heavy atom. The maximum absolute atomic E-state index is 13.0. The van der Waals surface area contributed by atoms with Gasteiger partial charge >= 0.3 is 6.18 Å². The molecule has 0 bridgehead atoms. The highest BCUT2D eigenvalue weighted by molar-refractivity contribution is 5.46. The Morgan fingerprint density at radius 2 is 1.83 bits per heavy atom. The normalized spacial score (nSPS) is 16.3. The number of halogens is 3. The average molecular weight is 420 g/mol. The van der Waals surface area contributed by atoms with Crippen molar-refractivity contribution in [3.05, 3.63) is 53.0 Å². The molecule has 0 amide bonds. The predicted octanol–water partition coefficient (Wildman–Crippen LogP) is 3.02. The number of benzene rings is 1. The van der Waals surface area contributed by atoms with Crippen LogP contribution in [-0.2, 0) is 19.3 Å². The summed E-state index contributed by atoms with van der Waals surface area (Å²) in [4.78, 5) is 9.86. The highest BCUT2D eigenvalue weighted by Gasteiger charge is 2.36. The SMILES string of the molecule is Cc1cc(NCc2ccccc2CN2CCC(O)CC2)n2nc(C(F)(F)F)nc2n1. The molecule has 1 aliphatic heterocycles. The fourth-order valence-electron chi connectivity index (χ4n) is 3.62. The molecule has 2 N–H and O–H groups in total. The van der Waals surface area contributed by atoms with E-state index in [1.54, 1.807) is 13.0 Å². The summed E-state index contributed by atoms with van der Waals surface area (Å²) in [6.07, 6.45) is -3.32. The molecule has 0 spiro atoms. The maximum Gasteiger partial charge on any atom is 0.453 e. The lowest BCUT2D eigenvalue weighted by molar-refractivity contribution is -0.144. The van der Waals surface area contributed by atoms with E-state index in [0.717, 1.165) is 48.1 Å². The number of aliphatic hydroxyl groups excluding tert-OH is 1. The van der Waals surface area contributed by atoms with Crippen molar-refractivity contribution in [3.8, 4) is 0 Å². The number of aromatic nitrogens is 4. The molecule has 160 valence electrons.